The molecule has 0 aliphatic heterocycles. The zero-order chi connectivity index (χ0) is 21.6. The first-order valence-electron chi connectivity index (χ1n) is 10.2. The number of hydrogen-bond acceptors (Lipinski definition) is 3. The summed E-state index contributed by atoms with van der Waals surface area (Å²) in [7, 11) is 0. The van der Waals surface area contributed by atoms with Gasteiger partial charge in [-0.3, -0.25) is 4.79 Å². The molecule has 3 aromatic rings. The van der Waals surface area contributed by atoms with Gasteiger partial charge in [0.25, 0.3) is 0 Å². The lowest BCUT2D eigenvalue weighted by Crippen LogP contribution is -2.26. The van der Waals surface area contributed by atoms with Gasteiger partial charge in [-0.2, -0.15) is 0 Å². The molecule has 0 spiro atoms. The van der Waals surface area contributed by atoms with Gasteiger partial charge in [0, 0.05) is 12.5 Å². The quantitative estimate of drug-likeness (QED) is 0.405. The zero-order valence-electron chi connectivity index (χ0n) is 16.9. The highest BCUT2D eigenvalue weighted by Gasteiger charge is 2.28. The molecular formula is C26H22FNO3. The van der Waals surface area contributed by atoms with Crippen molar-refractivity contribution in [3.8, 4) is 11.1 Å². The summed E-state index contributed by atoms with van der Waals surface area (Å²) in [4.78, 5) is 22.8. The highest BCUT2D eigenvalue weighted by molar-refractivity contribution is 5.79. The van der Waals surface area contributed by atoms with E-state index in [1.807, 2.05) is 30.3 Å². The zero-order valence-corrected chi connectivity index (χ0v) is 16.9. The summed E-state index contributed by atoms with van der Waals surface area (Å²) in [6.07, 6.45) is 4.18. The monoisotopic (exact) mass is 415 g/mol. The first-order valence-corrected chi connectivity index (χ1v) is 10.2. The van der Waals surface area contributed by atoms with E-state index in [1.165, 1.54) is 34.4 Å². The van der Waals surface area contributed by atoms with Gasteiger partial charge in [0.1, 0.15) is 12.4 Å². The number of fused-ring (bicyclic) bond motifs is 3. The summed E-state index contributed by atoms with van der Waals surface area (Å²) in [6.45, 7) is 0.681. The Morgan fingerprint density at radius 3 is 2.32 bits per heavy atom. The topological polar surface area (TPSA) is 55.4 Å². The number of amides is 1. The summed E-state index contributed by atoms with van der Waals surface area (Å²) >= 11 is 0. The van der Waals surface area contributed by atoms with E-state index >= 15 is 0 Å². The van der Waals surface area contributed by atoms with E-state index in [2.05, 4.69) is 29.6 Å². The van der Waals surface area contributed by atoms with Crippen LogP contribution >= 0.6 is 0 Å². The third kappa shape index (κ3) is 4.56. The average molecular weight is 415 g/mol. The Morgan fingerprint density at radius 1 is 1.00 bits per heavy atom. The van der Waals surface area contributed by atoms with E-state index < -0.39 is 11.9 Å². The molecule has 5 heteroatoms. The smallest absolute Gasteiger partial charge is 0.407 e. The number of halogens is 1. The Morgan fingerprint density at radius 2 is 1.68 bits per heavy atom. The van der Waals surface area contributed by atoms with E-state index in [4.69, 9.17) is 4.74 Å². The fraction of sp³-hybridized carbons (Fsp3) is 0.154. The molecule has 1 amide bonds. The fourth-order valence-corrected chi connectivity index (χ4v) is 3.87. The number of alkyl carbamates (subject to hydrolysis) is 1. The van der Waals surface area contributed by atoms with E-state index in [1.54, 1.807) is 12.1 Å². The van der Waals surface area contributed by atoms with Gasteiger partial charge in [-0.05, 0) is 46.4 Å². The third-order valence-corrected chi connectivity index (χ3v) is 5.39. The number of nitrogens with one attached hydrogen (secondary N) is 1. The summed E-state index contributed by atoms with van der Waals surface area (Å²) < 4.78 is 19.1. The Bertz CT molecular complexity index is 1090. The van der Waals surface area contributed by atoms with Gasteiger partial charge < -0.3 is 10.1 Å². The van der Waals surface area contributed by atoms with Gasteiger partial charge in [0.2, 0.25) is 0 Å². The van der Waals surface area contributed by atoms with Gasteiger partial charge in [-0.25, -0.2) is 9.18 Å². The molecule has 0 fully saturated rings. The molecule has 1 N–H and O–H groups in total. The number of hydrogen-bond donors (Lipinski definition) is 1. The van der Waals surface area contributed by atoms with Crippen molar-refractivity contribution >= 4 is 18.5 Å². The van der Waals surface area contributed by atoms with Gasteiger partial charge in [-0.15, -0.1) is 0 Å². The van der Waals surface area contributed by atoms with Crippen molar-refractivity contribution in [3.05, 3.63) is 101 Å². The molecule has 0 heterocycles. The third-order valence-electron chi connectivity index (χ3n) is 5.39. The van der Waals surface area contributed by atoms with Crippen LogP contribution in [0.2, 0.25) is 0 Å². The molecule has 3 aromatic carbocycles. The Hall–Kier alpha value is -3.73. The normalized spacial score (nSPS) is 12.4. The van der Waals surface area contributed by atoms with Crippen LogP contribution in [-0.4, -0.2) is 25.5 Å². The molecule has 4 nitrogen and oxygen atoms in total. The Kier molecular flexibility index (Phi) is 6.22. The van der Waals surface area contributed by atoms with Crippen molar-refractivity contribution in [3.63, 3.8) is 0 Å². The molecule has 31 heavy (non-hydrogen) atoms. The molecule has 4 rings (SSSR count). The summed E-state index contributed by atoms with van der Waals surface area (Å²) in [5.41, 5.74) is 5.42. The summed E-state index contributed by atoms with van der Waals surface area (Å²) in [6, 6.07) is 20.8. The first-order chi connectivity index (χ1) is 15.2. The van der Waals surface area contributed by atoms with Crippen LogP contribution < -0.4 is 5.32 Å². The van der Waals surface area contributed by atoms with Gasteiger partial charge in [-0.1, -0.05) is 66.7 Å². The average Bonchev–Trinajstić information content (AvgIpc) is 3.11. The van der Waals surface area contributed by atoms with Crippen LogP contribution in [-0.2, 0) is 4.74 Å². The second-order valence-electron chi connectivity index (χ2n) is 7.34. The van der Waals surface area contributed by atoms with E-state index in [-0.39, 0.29) is 18.1 Å². The molecule has 156 valence electrons. The van der Waals surface area contributed by atoms with Crippen LogP contribution in [0.3, 0.4) is 0 Å². The Labute approximate surface area is 180 Å². The SMILES string of the molecule is O=Cc1ccc(C=CCCNC(=O)OCC2c3ccccc3-c3ccccc32)cc1F. The van der Waals surface area contributed by atoms with Crippen LogP contribution in [0.25, 0.3) is 17.2 Å². The summed E-state index contributed by atoms with van der Waals surface area (Å²) in [5, 5.41) is 2.74. The minimum absolute atomic E-state index is 0.0299. The predicted octanol–water partition coefficient (Wildman–Crippen LogP) is 5.58. The van der Waals surface area contributed by atoms with Gasteiger partial charge in [0.05, 0.1) is 5.56 Å². The van der Waals surface area contributed by atoms with Crippen LogP contribution in [0.15, 0.2) is 72.8 Å². The second kappa shape index (κ2) is 9.39. The maximum absolute atomic E-state index is 13.6. The fourth-order valence-electron chi connectivity index (χ4n) is 3.87. The number of aldehydes is 1. The van der Waals surface area contributed by atoms with Gasteiger partial charge in [0.15, 0.2) is 6.29 Å². The number of carbonyl (C=O) groups is 2. The van der Waals surface area contributed by atoms with Crippen molar-refractivity contribution in [1.29, 1.82) is 0 Å². The van der Waals surface area contributed by atoms with E-state index in [0.29, 0.717) is 24.8 Å². The minimum atomic E-state index is -0.547. The molecule has 0 saturated carbocycles. The van der Waals surface area contributed by atoms with Crippen molar-refractivity contribution < 1.29 is 18.7 Å². The minimum Gasteiger partial charge on any atom is -0.449 e. The first kappa shape index (κ1) is 20.5. The molecule has 1 aliphatic rings. The van der Waals surface area contributed by atoms with Crippen molar-refractivity contribution in [2.45, 2.75) is 12.3 Å². The molecule has 0 bridgehead atoms. The highest BCUT2D eigenvalue weighted by atomic mass is 19.1. The van der Waals surface area contributed by atoms with Crippen LogP contribution in [0.5, 0.6) is 0 Å². The number of ether oxygens (including phenoxy) is 1. The van der Waals surface area contributed by atoms with Crippen molar-refractivity contribution in [2.24, 2.45) is 0 Å². The van der Waals surface area contributed by atoms with E-state index in [0.717, 1.165) is 0 Å². The number of rotatable bonds is 7. The standard InChI is InChI=1S/C26H22FNO3/c27-25-15-18(12-13-19(25)16-29)7-5-6-14-28-26(30)31-17-24-22-10-3-1-8-20(22)21-9-2-4-11-23(21)24/h1-5,7-13,15-16,24H,6,14,17H2,(H,28,30). The molecule has 0 aromatic heterocycles. The van der Waals surface area contributed by atoms with Crippen molar-refractivity contribution in [1.82, 2.24) is 5.32 Å². The van der Waals surface area contributed by atoms with E-state index in [9.17, 15) is 14.0 Å². The summed E-state index contributed by atoms with van der Waals surface area (Å²) in [5.74, 6) is -0.517. The van der Waals surface area contributed by atoms with Crippen LogP contribution in [0.1, 0.15) is 39.4 Å². The number of benzene rings is 3. The van der Waals surface area contributed by atoms with Crippen LogP contribution in [0, 0.1) is 5.82 Å². The Balaban J connectivity index is 1.27. The second-order valence-corrected chi connectivity index (χ2v) is 7.34. The van der Waals surface area contributed by atoms with Gasteiger partial charge >= 0.3 is 6.09 Å². The molecule has 0 saturated heterocycles. The number of carbonyl (C=O) groups excluding carboxylic acids is 2. The lowest BCUT2D eigenvalue weighted by atomic mass is 9.98. The maximum Gasteiger partial charge on any atom is 0.407 e. The van der Waals surface area contributed by atoms with Crippen molar-refractivity contribution in [2.75, 3.05) is 13.2 Å². The van der Waals surface area contributed by atoms with Crippen LogP contribution in [0.4, 0.5) is 9.18 Å². The highest BCUT2D eigenvalue weighted by Crippen LogP contribution is 2.44. The maximum atomic E-state index is 13.6. The lowest BCUT2D eigenvalue weighted by Gasteiger charge is -2.14. The lowest BCUT2D eigenvalue weighted by molar-refractivity contribution is 0.111. The molecule has 0 atom stereocenters. The molecular weight excluding hydrogens is 393 g/mol. The largest absolute Gasteiger partial charge is 0.449 e. The molecule has 1 aliphatic carbocycles. The molecule has 0 unspecified atom stereocenters. The predicted molar refractivity (Wildman–Crippen MR) is 119 cm³/mol. The molecule has 0 radical (unpaired) electrons.